The second-order valence-corrected chi connectivity index (χ2v) is 5.53. The minimum Gasteiger partial charge on any atom is -0.477 e. The zero-order chi connectivity index (χ0) is 18.2. The van der Waals surface area contributed by atoms with Crippen LogP contribution in [0, 0.1) is 28.4 Å². The molecule has 0 bridgehead atoms. The summed E-state index contributed by atoms with van der Waals surface area (Å²) in [5.41, 5.74) is 5.62. The number of aromatic nitrogens is 1. The van der Waals surface area contributed by atoms with E-state index in [4.69, 9.17) is 10.00 Å². The molecule has 1 heterocycles. The Morgan fingerprint density at radius 3 is 2.92 bits per heavy atom. The number of hydrogen-bond donors (Lipinski definition) is 2. The maximum Gasteiger partial charge on any atom is 0.310 e. The van der Waals surface area contributed by atoms with Crippen LogP contribution in [0.3, 0.4) is 0 Å². The summed E-state index contributed by atoms with van der Waals surface area (Å²) in [6, 6.07) is 7.72. The number of nitro benzene ring substituents is 1. The molecular formula is C15H13N5O4S. The predicted octanol–water partition coefficient (Wildman–Crippen LogP) is 1.92. The van der Waals surface area contributed by atoms with Gasteiger partial charge in [-0.05, 0) is 13.0 Å². The maximum absolute atomic E-state index is 11.7. The Bertz CT molecular complexity index is 856. The molecule has 2 N–H and O–H groups in total. The molecule has 10 heteroatoms. The molecule has 0 aliphatic rings. The van der Waals surface area contributed by atoms with Gasteiger partial charge in [0.25, 0.3) is 5.91 Å². The first-order valence-electron chi connectivity index (χ1n) is 6.94. The van der Waals surface area contributed by atoms with Crippen LogP contribution >= 0.6 is 11.3 Å². The molecular weight excluding hydrogens is 346 g/mol. The summed E-state index contributed by atoms with van der Waals surface area (Å²) < 4.78 is 5.14. The Morgan fingerprint density at radius 1 is 1.52 bits per heavy atom. The maximum atomic E-state index is 11.7. The quantitative estimate of drug-likeness (QED) is 0.439. The Kier molecular flexibility index (Phi) is 6.02. The van der Waals surface area contributed by atoms with Crippen LogP contribution < -0.4 is 15.6 Å². The molecule has 0 unspecified atom stereocenters. The third-order valence-electron chi connectivity index (χ3n) is 2.82. The molecule has 0 radical (unpaired) electrons. The fourth-order valence-corrected chi connectivity index (χ4v) is 2.48. The summed E-state index contributed by atoms with van der Waals surface area (Å²) in [5.74, 6) is -0.573. The Morgan fingerprint density at radius 2 is 2.28 bits per heavy atom. The van der Waals surface area contributed by atoms with Crippen LogP contribution in [-0.2, 0) is 4.79 Å². The standard InChI is InChI=1S/C15H13N5O4S/c1-10-9-25-15(18-10)11(6-16)7-17-19-14(21)8-24-13-5-3-2-4-12(13)20(22)23/h2-5,7,9,17H,8H2,1H3,(H,19,21)/b11-7+. The summed E-state index contributed by atoms with van der Waals surface area (Å²) in [7, 11) is 0. The summed E-state index contributed by atoms with van der Waals surface area (Å²) in [4.78, 5) is 26.1. The summed E-state index contributed by atoms with van der Waals surface area (Å²) in [5, 5.41) is 22.3. The second-order valence-electron chi connectivity index (χ2n) is 4.67. The monoisotopic (exact) mass is 359 g/mol. The van der Waals surface area contributed by atoms with Gasteiger partial charge in [-0.2, -0.15) is 5.26 Å². The number of rotatable bonds is 7. The van der Waals surface area contributed by atoms with Gasteiger partial charge in [0.2, 0.25) is 0 Å². The molecule has 1 amide bonds. The number of carbonyl (C=O) groups excluding carboxylic acids is 1. The lowest BCUT2D eigenvalue weighted by atomic mass is 10.3. The van der Waals surface area contributed by atoms with Gasteiger partial charge in [-0.1, -0.05) is 12.1 Å². The first-order chi connectivity index (χ1) is 12.0. The minimum atomic E-state index is -0.594. The molecule has 0 atom stereocenters. The number of nitriles is 1. The number of benzene rings is 1. The van der Waals surface area contributed by atoms with E-state index in [9.17, 15) is 14.9 Å². The molecule has 0 spiro atoms. The van der Waals surface area contributed by atoms with Crippen molar-refractivity contribution in [2.75, 3.05) is 6.61 Å². The lowest BCUT2D eigenvalue weighted by molar-refractivity contribution is -0.385. The normalized spacial score (nSPS) is 10.6. The molecule has 0 aliphatic heterocycles. The van der Waals surface area contributed by atoms with Crippen LogP contribution in [0.5, 0.6) is 5.75 Å². The number of allylic oxidation sites excluding steroid dienone is 1. The van der Waals surface area contributed by atoms with Gasteiger partial charge in [-0.25, -0.2) is 4.98 Å². The number of nitrogens with one attached hydrogen (secondary N) is 2. The second kappa shape index (κ2) is 8.42. The van der Waals surface area contributed by atoms with Crippen LogP contribution in [0.15, 0.2) is 35.8 Å². The van der Waals surface area contributed by atoms with Crippen molar-refractivity contribution in [2.24, 2.45) is 0 Å². The number of nitrogens with zero attached hydrogens (tertiary/aromatic N) is 3. The largest absolute Gasteiger partial charge is 0.477 e. The van der Waals surface area contributed by atoms with Crippen LogP contribution in [0.25, 0.3) is 5.57 Å². The third kappa shape index (κ3) is 5.02. The van der Waals surface area contributed by atoms with Crippen LogP contribution in [-0.4, -0.2) is 22.4 Å². The van der Waals surface area contributed by atoms with Gasteiger partial charge >= 0.3 is 5.69 Å². The average Bonchev–Trinajstić information content (AvgIpc) is 3.03. The zero-order valence-electron chi connectivity index (χ0n) is 13.1. The fourth-order valence-electron chi connectivity index (χ4n) is 1.72. The minimum absolute atomic E-state index is 0.00540. The number of ether oxygens (including phenoxy) is 1. The highest BCUT2D eigenvalue weighted by Gasteiger charge is 2.14. The van der Waals surface area contributed by atoms with Crippen molar-refractivity contribution in [3.05, 3.63) is 56.7 Å². The molecule has 2 rings (SSSR count). The van der Waals surface area contributed by atoms with E-state index in [1.54, 1.807) is 11.4 Å². The van der Waals surface area contributed by atoms with E-state index >= 15 is 0 Å². The molecule has 25 heavy (non-hydrogen) atoms. The predicted molar refractivity (Wildman–Crippen MR) is 90.3 cm³/mol. The van der Waals surface area contributed by atoms with Crippen molar-refractivity contribution in [3.63, 3.8) is 0 Å². The molecule has 9 nitrogen and oxygen atoms in total. The smallest absolute Gasteiger partial charge is 0.310 e. The van der Waals surface area contributed by atoms with E-state index in [0.717, 1.165) is 5.69 Å². The molecule has 2 aromatic rings. The number of aryl methyl sites for hydroxylation is 1. The highest BCUT2D eigenvalue weighted by atomic mass is 32.1. The van der Waals surface area contributed by atoms with Crippen molar-refractivity contribution in [2.45, 2.75) is 6.92 Å². The van der Waals surface area contributed by atoms with E-state index in [1.807, 2.05) is 13.0 Å². The van der Waals surface area contributed by atoms with E-state index in [0.29, 0.717) is 5.01 Å². The molecule has 1 aromatic heterocycles. The lowest BCUT2D eigenvalue weighted by Crippen LogP contribution is -2.37. The summed E-state index contributed by atoms with van der Waals surface area (Å²) >= 11 is 1.31. The number of para-hydroxylation sites is 2. The first-order valence-corrected chi connectivity index (χ1v) is 7.82. The van der Waals surface area contributed by atoms with Crippen molar-refractivity contribution >= 4 is 28.5 Å². The molecule has 1 aromatic carbocycles. The Hall–Kier alpha value is -3.45. The lowest BCUT2D eigenvalue weighted by Gasteiger charge is -2.07. The highest BCUT2D eigenvalue weighted by Crippen LogP contribution is 2.25. The highest BCUT2D eigenvalue weighted by molar-refractivity contribution is 7.10. The van der Waals surface area contributed by atoms with Gasteiger partial charge in [0, 0.05) is 23.3 Å². The van der Waals surface area contributed by atoms with Crippen LogP contribution in [0.4, 0.5) is 5.69 Å². The van der Waals surface area contributed by atoms with Crippen molar-refractivity contribution in [3.8, 4) is 11.8 Å². The third-order valence-corrected chi connectivity index (χ3v) is 3.81. The van der Waals surface area contributed by atoms with Crippen molar-refractivity contribution < 1.29 is 14.5 Å². The average molecular weight is 359 g/mol. The number of thiazole rings is 1. The Labute approximate surface area is 146 Å². The van der Waals surface area contributed by atoms with E-state index in [1.165, 1.54) is 35.7 Å². The fraction of sp³-hybridized carbons (Fsp3) is 0.133. The number of hydrogen-bond acceptors (Lipinski definition) is 8. The Balaban J connectivity index is 1.88. The van der Waals surface area contributed by atoms with Gasteiger partial charge in [-0.3, -0.25) is 20.3 Å². The van der Waals surface area contributed by atoms with Gasteiger partial charge in [0.05, 0.1) is 4.92 Å². The van der Waals surface area contributed by atoms with Crippen molar-refractivity contribution in [1.82, 2.24) is 15.8 Å². The first kappa shape index (κ1) is 17.9. The van der Waals surface area contributed by atoms with Gasteiger partial charge in [0.15, 0.2) is 12.4 Å². The molecule has 128 valence electrons. The van der Waals surface area contributed by atoms with Gasteiger partial charge in [-0.15, -0.1) is 11.3 Å². The number of amides is 1. The van der Waals surface area contributed by atoms with Crippen LogP contribution in [0.2, 0.25) is 0 Å². The van der Waals surface area contributed by atoms with E-state index in [2.05, 4.69) is 15.8 Å². The number of nitro groups is 1. The van der Waals surface area contributed by atoms with E-state index < -0.39 is 17.4 Å². The van der Waals surface area contributed by atoms with E-state index in [-0.39, 0.29) is 17.0 Å². The van der Waals surface area contributed by atoms with Crippen molar-refractivity contribution in [1.29, 1.82) is 5.26 Å². The number of carbonyl (C=O) groups is 1. The summed E-state index contributed by atoms with van der Waals surface area (Å²) in [6.45, 7) is 1.38. The van der Waals surface area contributed by atoms with Crippen LogP contribution in [0.1, 0.15) is 10.7 Å². The molecule has 0 saturated carbocycles. The van der Waals surface area contributed by atoms with Gasteiger partial charge in [0.1, 0.15) is 16.6 Å². The topological polar surface area (TPSA) is 130 Å². The molecule has 0 saturated heterocycles. The molecule has 0 fully saturated rings. The SMILES string of the molecule is Cc1csc(/C(C#N)=C/NNC(=O)COc2ccccc2[N+](=O)[O-])n1. The number of hydrazine groups is 1. The molecule has 0 aliphatic carbocycles. The summed E-state index contributed by atoms with van der Waals surface area (Å²) in [6.07, 6.45) is 1.31. The zero-order valence-corrected chi connectivity index (χ0v) is 13.9. The van der Waals surface area contributed by atoms with Gasteiger partial charge < -0.3 is 10.2 Å².